The second kappa shape index (κ2) is 7.88. The van der Waals surface area contributed by atoms with Gasteiger partial charge < -0.3 is 25.1 Å². The lowest BCUT2D eigenvalue weighted by molar-refractivity contribution is 0.0950. The summed E-state index contributed by atoms with van der Waals surface area (Å²) in [6, 6.07) is 16.5. The smallest absolute Gasteiger partial charge is 0.267 e. The molecule has 1 aliphatic rings. The Morgan fingerprint density at radius 3 is 2.67 bits per heavy atom. The SMILES string of the molecule is CN1CCN(c2cccc3[nH]c(C(=O)NCCc4c[nH]c5ccccc45)cc23)CC1. The number of aromatic nitrogens is 2. The maximum absolute atomic E-state index is 12.8. The minimum Gasteiger partial charge on any atom is -0.368 e. The summed E-state index contributed by atoms with van der Waals surface area (Å²) in [7, 11) is 2.16. The molecule has 0 aliphatic carbocycles. The van der Waals surface area contributed by atoms with E-state index in [9.17, 15) is 4.79 Å². The number of amides is 1. The molecule has 3 N–H and O–H groups in total. The topological polar surface area (TPSA) is 67.2 Å². The molecule has 0 saturated carbocycles. The van der Waals surface area contributed by atoms with Crippen LogP contribution in [0.15, 0.2) is 54.7 Å². The van der Waals surface area contributed by atoms with Gasteiger partial charge in [0, 0.05) is 66.4 Å². The minimum absolute atomic E-state index is 0.0598. The zero-order chi connectivity index (χ0) is 20.5. The van der Waals surface area contributed by atoms with Crippen LogP contribution >= 0.6 is 0 Å². The van der Waals surface area contributed by atoms with Gasteiger partial charge in [0.05, 0.1) is 0 Å². The number of piperazine rings is 1. The molecule has 6 heteroatoms. The Morgan fingerprint density at radius 1 is 1.00 bits per heavy atom. The van der Waals surface area contributed by atoms with Crippen molar-refractivity contribution in [2.75, 3.05) is 44.7 Å². The molecule has 1 fully saturated rings. The maximum Gasteiger partial charge on any atom is 0.267 e. The van der Waals surface area contributed by atoms with E-state index in [1.54, 1.807) is 0 Å². The van der Waals surface area contributed by atoms with E-state index in [-0.39, 0.29) is 5.91 Å². The Bertz CT molecular complexity index is 1180. The summed E-state index contributed by atoms with van der Waals surface area (Å²) in [5.41, 5.74) is 5.18. The van der Waals surface area contributed by atoms with E-state index in [0.29, 0.717) is 12.2 Å². The number of rotatable bonds is 5. The second-order valence-electron chi connectivity index (χ2n) is 8.08. The molecule has 0 unspecified atom stereocenters. The second-order valence-corrected chi connectivity index (χ2v) is 8.08. The van der Waals surface area contributed by atoms with Crippen molar-refractivity contribution in [3.05, 3.63) is 66.0 Å². The van der Waals surface area contributed by atoms with Crippen LogP contribution in [-0.4, -0.2) is 60.5 Å². The van der Waals surface area contributed by atoms with Crippen molar-refractivity contribution in [3.63, 3.8) is 0 Å². The first-order valence-electron chi connectivity index (χ1n) is 10.6. The number of para-hydroxylation sites is 1. The number of aromatic amines is 2. The zero-order valence-electron chi connectivity index (χ0n) is 17.2. The molecule has 4 aromatic rings. The van der Waals surface area contributed by atoms with Gasteiger partial charge in [0.1, 0.15) is 5.69 Å². The lowest BCUT2D eigenvalue weighted by atomic mass is 10.1. The Kier molecular flexibility index (Phi) is 4.93. The van der Waals surface area contributed by atoms with Crippen LogP contribution in [0.4, 0.5) is 5.69 Å². The van der Waals surface area contributed by atoms with E-state index in [2.05, 4.69) is 56.4 Å². The van der Waals surface area contributed by atoms with Crippen LogP contribution in [0.5, 0.6) is 0 Å². The number of nitrogens with zero attached hydrogens (tertiary/aromatic N) is 2. The standard InChI is InChI=1S/C24H27N5O/c1-28-11-13-29(14-12-28)23-8-4-7-21-19(23)15-22(27-21)24(30)25-10-9-17-16-26-20-6-3-2-5-18(17)20/h2-8,15-16,26-27H,9-14H2,1H3,(H,25,30). The Morgan fingerprint density at radius 2 is 1.80 bits per heavy atom. The van der Waals surface area contributed by atoms with E-state index < -0.39 is 0 Å². The normalized spacial score (nSPS) is 15.2. The van der Waals surface area contributed by atoms with Crippen LogP contribution in [0.25, 0.3) is 21.8 Å². The van der Waals surface area contributed by atoms with Crippen molar-refractivity contribution in [1.82, 2.24) is 20.2 Å². The third-order valence-corrected chi connectivity index (χ3v) is 6.08. The molecule has 1 aliphatic heterocycles. The summed E-state index contributed by atoms with van der Waals surface area (Å²) in [5.74, 6) is -0.0598. The van der Waals surface area contributed by atoms with Crippen LogP contribution in [-0.2, 0) is 6.42 Å². The Hall–Kier alpha value is -3.25. The fourth-order valence-electron chi connectivity index (χ4n) is 4.33. The number of benzene rings is 2. The molecule has 5 rings (SSSR count). The number of H-pyrrole nitrogens is 2. The third-order valence-electron chi connectivity index (χ3n) is 6.08. The molecule has 2 aromatic carbocycles. The molecule has 6 nitrogen and oxygen atoms in total. The molecule has 0 spiro atoms. The average molecular weight is 402 g/mol. The quantitative estimate of drug-likeness (QED) is 0.480. The lowest BCUT2D eigenvalue weighted by Gasteiger charge is -2.34. The number of carbonyl (C=O) groups is 1. The monoisotopic (exact) mass is 401 g/mol. The van der Waals surface area contributed by atoms with E-state index in [1.807, 2.05) is 30.5 Å². The van der Waals surface area contributed by atoms with Crippen molar-refractivity contribution < 1.29 is 4.79 Å². The van der Waals surface area contributed by atoms with Crippen LogP contribution < -0.4 is 10.2 Å². The highest BCUT2D eigenvalue weighted by Crippen LogP contribution is 2.28. The van der Waals surface area contributed by atoms with Crippen molar-refractivity contribution in [1.29, 1.82) is 0 Å². The summed E-state index contributed by atoms with van der Waals surface area (Å²) in [6.07, 6.45) is 2.82. The van der Waals surface area contributed by atoms with Crippen molar-refractivity contribution in [2.24, 2.45) is 0 Å². The summed E-state index contributed by atoms with van der Waals surface area (Å²) in [5, 5.41) is 5.39. The number of hydrogen-bond donors (Lipinski definition) is 3. The highest BCUT2D eigenvalue weighted by molar-refractivity contribution is 6.02. The van der Waals surface area contributed by atoms with Gasteiger partial charge in [-0.3, -0.25) is 4.79 Å². The van der Waals surface area contributed by atoms with Gasteiger partial charge in [-0.05, 0) is 43.3 Å². The summed E-state index contributed by atoms with van der Waals surface area (Å²) in [6.45, 7) is 4.73. The molecule has 0 atom stereocenters. The highest BCUT2D eigenvalue weighted by atomic mass is 16.1. The largest absolute Gasteiger partial charge is 0.368 e. The molecule has 2 aromatic heterocycles. The molecule has 3 heterocycles. The minimum atomic E-state index is -0.0598. The predicted octanol–water partition coefficient (Wildman–Crippen LogP) is 3.37. The van der Waals surface area contributed by atoms with Gasteiger partial charge in [-0.2, -0.15) is 0 Å². The fourth-order valence-corrected chi connectivity index (χ4v) is 4.33. The lowest BCUT2D eigenvalue weighted by Crippen LogP contribution is -2.44. The highest BCUT2D eigenvalue weighted by Gasteiger charge is 2.18. The first-order valence-corrected chi connectivity index (χ1v) is 10.6. The number of nitrogens with one attached hydrogen (secondary N) is 3. The number of fused-ring (bicyclic) bond motifs is 2. The van der Waals surface area contributed by atoms with Crippen LogP contribution in [0, 0.1) is 0 Å². The molecule has 1 saturated heterocycles. The molecule has 0 bridgehead atoms. The molecular weight excluding hydrogens is 374 g/mol. The first-order chi connectivity index (χ1) is 14.7. The Labute approximate surface area is 175 Å². The van der Waals surface area contributed by atoms with Gasteiger partial charge in [-0.25, -0.2) is 0 Å². The molecule has 0 radical (unpaired) electrons. The summed E-state index contributed by atoms with van der Waals surface area (Å²) < 4.78 is 0. The van der Waals surface area contributed by atoms with Crippen molar-refractivity contribution in [2.45, 2.75) is 6.42 Å². The van der Waals surface area contributed by atoms with Gasteiger partial charge in [0.15, 0.2) is 0 Å². The molecule has 1 amide bonds. The van der Waals surface area contributed by atoms with E-state index in [0.717, 1.165) is 49.0 Å². The molecule has 154 valence electrons. The van der Waals surface area contributed by atoms with Gasteiger partial charge in [-0.15, -0.1) is 0 Å². The maximum atomic E-state index is 12.8. The van der Waals surface area contributed by atoms with Gasteiger partial charge in [0.25, 0.3) is 5.91 Å². The zero-order valence-corrected chi connectivity index (χ0v) is 17.2. The van der Waals surface area contributed by atoms with Crippen molar-refractivity contribution >= 4 is 33.4 Å². The van der Waals surface area contributed by atoms with Crippen LogP contribution in [0.3, 0.4) is 0 Å². The van der Waals surface area contributed by atoms with Crippen LogP contribution in [0.2, 0.25) is 0 Å². The summed E-state index contributed by atoms with van der Waals surface area (Å²) in [4.78, 5) is 24.1. The Balaban J connectivity index is 1.28. The number of anilines is 1. The van der Waals surface area contributed by atoms with E-state index in [1.165, 1.54) is 16.6 Å². The number of likely N-dealkylation sites (N-methyl/N-ethyl adjacent to an activating group) is 1. The fraction of sp³-hybridized carbons (Fsp3) is 0.292. The summed E-state index contributed by atoms with van der Waals surface area (Å²) >= 11 is 0. The van der Waals surface area contributed by atoms with Crippen molar-refractivity contribution in [3.8, 4) is 0 Å². The average Bonchev–Trinajstić information content (AvgIpc) is 3.39. The van der Waals surface area contributed by atoms with Gasteiger partial charge in [0.2, 0.25) is 0 Å². The molecule has 30 heavy (non-hydrogen) atoms. The van der Waals surface area contributed by atoms with Gasteiger partial charge in [-0.1, -0.05) is 24.3 Å². The predicted molar refractivity (Wildman–Crippen MR) is 122 cm³/mol. The van der Waals surface area contributed by atoms with E-state index in [4.69, 9.17) is 0 Å². The van der Waals surface area contributed by atoms with Gasteiger partial charge >= 0.3 is 0 Å². The van der Waals surface area contributed by atoms with E-state index >= 15 is 0 Å². The molecular formula is C24H27N5O. The number of hydrogen-bond acceptors (Lipinski definition) is 3. The third kappa shape index (κ3) is 3.55. The first kappa shape index (κ1) is 18.8. The van der Waals surface area contributed by atoms with Crippen LogP contribution in [0.1, 0.15) is 16.1 Å². The number of carbonyl (C=O) groups excluding carboxylic acids is 1.